The van der Waals surface area contributed by atoms with Crippen molar-refractivity contribution in [1.82, 2.24) is 10.6 Å². The first kappa shape index (κ1) is 16.7. The Morgan fingerprint density at radius 2 is 2.08 bits per heavy atom. The lowest BCUT2D eigenvalue weighted by Gasteiger charge is -2.22. The maximum Gasteiger partial charge on any atom is 0.315 e. The van der Waals surface area contributed by atoms with Gasteiger partial charge in [0.05, 0.1) is 12.6 Å². The number of hydrogen-bond acceptors (Lipinski definition) is 5. The summed E-state index contributed by atoms with van der Waals surface area (Å²) in [6, 6.07) is 8.88. The van der Waals surface area contributed by atoms with Gasteiger partial charge in [0.1, 0.15) is 13.2 Å². The standard InChI is InChI=1S/C18H19N3O4S/c22-17-8-12(20-18(23)19-10-14-2-1-7-26-14)11-21(17)13-3-4-15-16(9-13)25-6-5-24-15/h1-4,7,9,12H,5-6,8,10-11H2,(H2,19,20,23)/t12-/m0/s1. The van der Waals surface area contributed by atoms with E-state index >= 15 is 0 Å². The maximum absolute atomic E-state index is 12.4. The van der Waals surface area contributed by atoms with Crippen LogP contribution >= 0.6 is 11.3 Å². The van der Waals surface area contributed by atoms with Gasteiger partial charge in [0.2, 0.25) is 5.91 Å². The van der Waals surface area contributed by atoms with Crippen LogP contribution in [-0.2, 0) is 11.3 Å². The summed E-state index contributed by atoms with van der Waals surface area (Å²) in [5, 5.41) is 7.65. The Bertz CT molecular complexity index is 809. The number of nitrogens with one attached hydrogen (secondary N) is 2. The summed E-state index contributed by atoms with van der Waals surface area (Å²) in [6.07, 6.45) is 0.279. The molecule has 1 fully saturated rings. The molecule has 0 saturated carbocycles. The van der Waals surface area contributed by atoms with Crippen molar-refractivity contribution >= 4 is 29.0 Å². The molecular weight excluding hydrogens is 354 g/mol. The number of nitrogens with zero attached hydrogens (tertiary/aromatic N) is 1. The van der Waals surface area contributed by atoms with E-state index in [1.807, 2.05) is 35.7 Å². The number of urea groups is 1. The zero-order valence-electron chi connectivity index (χ0n) is 14.1. The van der Waals surface area contributed by atoms with Gasteiger partial charge in [0.15, 0.2) is 11.5 Å². The average molecular weight is 373 g/mol. The average Bonchev–Trinajstić information content (AvgIpc) is 3.29. The van der Waals surface area contributed by atoms with Gasteiger partial charge in [-0.25, -0.2) is 4.79 Å². The Labute approximate surface area is 154 Å². The number of fused-ring (bicyclic) bond motifs is 1. The Kier molecular flexibility index (Phi) is 4.66. The zero-order chi connectivity index (χ0) is 17.9. The lowest BCUT2D eigenvalue weighted by atomic mass is 10.2. The minimum atomic E-state index is -0.264. The second-order valence-electron chi connectivity index (χ2n) is 6.14. The number of amides is 3. The van der Waals surface area contributed by atoms with E-state index in [9.17, 15) is 9.59 Å². The minimum Gasteiger partial charge on any atom is -0.486 e. The first-order chi connectivity index (χ1) is 12.7. The summed E-state index contributed by atoms with van der Waals surface area (Å²) in [5.74, 6) is 1.31. The van der Waals surface area contributed by atoms with Gasteiger partial charge in [-0.2, -0.15) is 0 Å². The van der Waals surface area contributed by atoms with Gasteiger partial charge >= 0.3 is 6.03 Å². The lowest BCUT2D eigenvalue weighted by Crippen LogP contribution is -2.43. The third-order valence-corrected chi connectivity index (χ3v) is 5.18. The molecule has 0 aliphatic carbocycles. The van der Waals surface area contributed by atoms with Crippen LogP contribution < -0.4 is 25.0 Å². The third kappa shape index (κ3) is 3.60. The van der Waals surface area contributed by atoms with E-state index in [1.54, 1.807) is 16.2 Å². The van der Waals surface area contributed by atoms with E-state index in [1.165, 1.54) is 0 Å². The Morgan fingerprint density at radius 3 is 2.88 bits per heavy atom. The van der Waals surface area contributed by atoms with E-state index in [2.05, 4.69) is 10.6 Å². The van der Waals surface area contributed by atoms with E-state index < -0.39 is 0 Å². The summed E-state index contributed by atoms with van der Waals surface area (Å²) < 4.78 is 11.1. The molecule has 1 aromatic heterocycles. The molecule has 2 aliphatic heterocycles. The highest BCUT2D eigenvalue weighted by atomic mass is 32.1. The van der Waals surface area contributed by atoms with Crippen molar-refractivity contribution in [2.45, 2.75) is 19.0 Å². The van der Waals surface area contributed by atoms with Crippen LogP contribution in [0.25, 0.3) is 0 Å². The van der Waals surface area contributed by atoms with Gasteiger partial charge in [-0.05, 0) is 23.6 Å². The molecule has 8 heteroatoms. The third-order valence-electron chi connectivity index (χ3n) is 4.30. The molecule has 1 saturated heterocycles. The fraction of sp³-hybridized carbons (Fsp3) is 0.333. The van der Waals surface area contributed by atoms with E-state index in [-0.39, 0.29) is 24.4 Å². The monoisotopic (exact) mass is 373 g/mol. The van der Waals surface area contributed by atoms with Crippen molar-refractivity contribution in [2.24, 2.45) is 0 Å². The molecule has 3 heterocycles. The van der Waals surface area contributed by atoms with Crippen molar-refractivity contribution in [3.8, 4) is 11.5 Å². The first-order valence-corrected chi connectivity index (χ1v) is 9.34. The maximum atomic E-state index is 12.4. The normalized spacial score (nSPS) is 18.7. The number of thiophene rings is 1. The molecular formula is C18H19N3O4S. The summed E-state index contributed by atoms with van der Waals surface area (Å²) in [7, 11) is 0. The molecule has 4 rings (SSSR count). The molecule has 0 radical (unpaired) electrons. The van der Waals surface area contributed by atoms with E-state index in [0.717, 1.165) is 10.6 Å². The predicted octanol–water partition coefficient (Wildman–Crippen LogP) is 2.12. The summed E-state index contributed by atoms with van der Waals surface area (Å²) in [6.45, 7) is 1.95. The molecule has 136 valence electrons. The highest BCUT2D eigenvalue weighted by Gasteiger charge is 2.32. The Hall–Kier alpha value is -2.74. The number of hydrogen-bond donors (Lipinski definition) is 2. The topological polar surface area (TPSA) is 79.9 Å². The smallest absolute Gasteiger partial charge is 0.315 e. The van der Waals surface area contributed by atoms with Gasteiger partial charge < -0.3 is 25.0 Å². The van der Waals surface area contributed by atoms with Crippen LogP contribution in [0, 0.1) is 0 Å². The van der Waals surface area contributed by atoms with Crippen LogP contribution in [0.3, 0.4) is 0 Å². The molecule has 1 atom stereocenters. The van der Waals surface area contributed by atoms with Crippen LogP contribution in [0.4, 0.5) is 10.5 Å². The van der Waals surface area contributed by atoms with Crippen molar-refractivity contribution in [1.29, 1.82) is 0 Å². The van der Waals surface area contributed by atoms with Crippen LogP contribution in [-0.4, -0.2) is 37.7 Å². The minimum absolute atomic E-state index is 0.0229. The molecule has 1 aromatic carbocycles. The molecule has 7 nitrogen and oxygen atoms in total. The highest BCUT2D eigenvalue weighted by Crippen LogP contribution is 2.35. The van der Waals surface area contributed by atoms with Crippen molar-refractivity contribution in [2.75, 3.05) is 24.7 Å². The molecule has 0 spiro atoms. The highest BCUT2D eigenvalue weighted by molar-refractivity contribution is 7.09. The molecule has 2 aromatic rings. The summed E-state index contributed by atoms with van der Waals surface area (Å²) in [4.78, 5) is 27.2. The van der Waals surface area contributed by atoms with E-state index in [4.69, 9.17) is 9.47 Å². The first-order valence-electron chi connectivity index (χ1n) is 8.46. The van der Waals surface area contributed by atoms with Crippen molar-refractivity contribution in [3.05, 3.63) is 40.6 Å². The predicted molar refractivity (Wildman–Crippen MR) is 97.9 cm³/mol. The second kappa shape index (κ2) is 7.25. The van der Waals surface area contributed by atoms with Gasteiger partial charge in [0, 0.05) is 29.6 Å². The molecule has 26 heavy (non-hydrogen) atoms. The SMILES string of the molecule is O=C(NCc1cccs1)N[C@H]1CC(=O)N(c2ccc3c(c2)OCCO3)C1. The summed E-state index contributed by atoms with van der Waals surface area (Å²) >= 11 is 1.59. The molecule has 3 amide bonds. The van der Waals surface area contributed by atoms with Gasteiger partial charge in [-0.15, -0.1) is 11.3 Å². The molecule has 0 bridgehead atoms. The quantitative estimate of drug-likeness (QED) is 0.860. The largest absolute Gasteiger partial charge is 0.486 e. The van der Waals surface area contributed by atoms with Gasteiger partial charge in [-0.1, -0.05) is 6.07 Å². The van der Waals surface area contributed by atoms with E-state index in [0.29, 0.717) is 37.8 Å². The van der Waals surface area contributed by atoms with Crippen LogP contribution in [0.15, 0.2) is 35.7 Å². The zero-order valence-corrected chi connectivity index (χ0v) is 14.9. The number of benzene rings is 1. The molecule has 2 N–H and O–H groups in total. The number of ether oxygens (including phenoxy) is 2. The fourth-order valence-electron chi connectivity index (χ4n) is 3.07. The number of carbonyl (C=O) groups excluding carboxylic acids is 2. The van der Waals surface area contributed by atoms with Crippen LogP contribution in [0.1, 0.15) is 11.3 Å². The fourth-order valence-corrected chi connectivity index (χ4v) is 3.72. The van der Waals surface area contributed by atoms with Crippen LogP contribution in [0.2, 0.25) is 0 Å². The van der Waals surface area contributed by atoms with Crippen LogP contribution in [0.5, 0.6) is 11.5 Å². The Balaban J connectivity index is 1.35. The number of carbonyl (C=O) groups is 2. The van der Waals surface area contributed by atoms with Crippen molar-refractivity contribution < 1.29 is 19.1 Å². The van der Waals surface area contributed by atoms with Gasteiger partial charge in [-0.3, -0.25) is 4.79 Å². The molecule has 0 unspecified atom stereocenters. The number of rotatable bonds is 4. The second-order valence-corrected chi connectivity index (χ2v) is 7.17. The van der Waals surface area contributed by atoms with Crippen molar-refractivity contribution in [3.63, 3.8) is 0 Å². The van der Waals surface area contributed by atoms with Gasteiger partial charge in [0.25, 0.3) is 0 Å². The number of anilines is 1. The summed E-state index contributed by atoms with van der Waals surface area (Å²) in [5.41, 5.74) is 0.752. The molecule has 2 aliphatic rings. The lowest BCUT2D eigenvalue weighted by molar-refractivity contribution is -0.117. The Morgan fingerprint density at radius 1 is 1.23 bits per heavy atom.